The molecule has 0 radical (unpaired) electrons. The molecule has 2 rings (SSSR count). The lowest BCUT2D eigenvalue weighted by Crippen LogP contribution is -1.78. The van der Waals surface area contributed by atoms with Crippen LogP contribution in [0.4, 0.5) is 0 Å². The molecule has 0 fully saturated rings. The lowest BCUT2D eigenvalue weighted by atomic mass is 10.1. The Morgan fingerprint density at radius 3 is 1.62 bits per heavy atom. The average molecular weight is 276 g/mol. The SMILES string of the molecule is C=C(CC)c1ccccc1.C=CCC(=C)c1ccccc1. The third kappa shape index (κ3) is 6.09. The zero-order chi connectivity index (χ0) is 15.5. The minimum absolute atomic E-state index is 0.865. The van der Waals surface area contributed by atoms with Crippen LogP contribution in [0.5, 0.6) is 0 Å². The van der Waals surface area contributed by atoms with Crippen molar-refractivity contribution in [1.82, 2.24) is 0 Å². The molecule has 21 heavy (non-hydrogen) atoms. The lowest BCUT2D eigenvalue weighted by Gasteiger charge is -2.00. The highest BCUT2D eigenvalue weighted by Crippen LogP contribution is 2.15. The van der Waals surface area contributed by atoms with Gasteiger partial charge in [0.1, 0.15) is 0 Å². The summed E-state index contributed by atoms with van der Waals surface area (Å²) >= 11 is 0. The first kappa shape index (κ1) is 16.7. The Morgan fingerprint density at radius 1 is 0.810 bits per heavy atom. The van der Waals surface area contributed by atoms with E-state index in [1.807, 2.05) is 42.5 Å². The van der Waals surface area contributed by atoms with Crippen LogP contribution in [-0.4, -0.2) is 0 Å². The van der Waals surface area contributed by atoms with E-state index in [-0.39, 0.29) is 0 Å². The molecule has 0 saturated heterocycles. The molecule has 0 saturated carbocycles. The van der Waals surface area contributed by atoms with Crippen LogP contribution in [-0.2, 0) is 0 Å². The van der Waals surface area contributed by atoms with Crippen LogP contribution in [0, 0.1) is 0 Å². The summed E-state index contributed by atoms with van der Waals surface area (Å²) < 4.78 is 0. The van der Waals surface area contributed by atoms with Crippen LogP contribution >= 0.6 is 0 Å². The molecule has 108 valence electrons. The summed E-state index contributed by atoms with van der Waals surface area (Å²) in [7, 11) is 0. The second-order valence-corrected chi connectivity index (χ2v) is 4.79. The van der Waals surface area contributed by atoms with Crippen molar-refractivity contribution in [2.45, 2.75) is 19.8 Å². The molecule has 0 heterocycles. The highest BCUT2D eigenvalue weighted by atomic mass is 14.0. The monoisotopic (exact) mass is 276 g/mol. The number of hydrogen-bond acceptors (Lipinski definition) is 0. The normalized spacial score (nSPS) is 9.19. The molecule has 0 atom stereocenters. The van der Waals surface area contributed by atoms with Crippen LogP contribution in [0.1, 0.15) is 30.9 Å². The maximum Gasteiger partial charge on any atom is -0.0100 e. The molecular weight excluding hydrogens is 252 g/mol. The highest BCUT2D eigenvalue weighted by molar-refractivity contribution is 5.64. The first-order valence-electron chi connectivity index (χ1n) is 7.26. The van der Waals surface area contributed by atoms with Crippen molar-refractivity contribution >= 4 is 11.1 Å². The lowest BCUT2D eigenvalue weighted by molar-refractivity contribution is 1.24. The smallest absolute Gasteiger partial charge is 0.0100 e. The predicted molar refractivity (Wildman–Crippen MR) is 96.1 cm³/mol. The maximum atomic E-state index is 3.94. The number of benzene rings is 2. The van der Waals surface area contributed by atoms with Crippen LogP contribution in [0.15, 0.2) is 86.5 Å². The van der Waals surface area contributed by atoms with Gasteiger partial charge in [-0.2, -0.15) is 0 Å². The zero-order valence-electron chi connectivity index (χ0n) is 12.9. The highest BCUT2D eigenvalue weighted by Gasteiger charge is 1.93. The third-order valence-electron chi connectivity index (χ3n) is 3.18. The number of hydrogen-bond donors (Lipinski definition) is 0. The molecule has 2 aromatic carbocycles. The second-order valence-electron chi connectivity index (χ2n) is 4.79. The summed E-state index contributed by atoms with van der Waals surface area (Å²) in [4.78, 5) is 0. The van der Waals surface area contributed by atoms with E-state index in [9.17, 15) is 0 Å². The average Bonchev–Trinajstić information content (AvgIpc) is 2.56. The molecule has 0 amide bonds. The van der Waals surface area contributed by atoms with E-state index in [2.05, 4.69) is 50.9 Å². The van der Waals surface area contributed by atoms with Gasteiger partial charge in [-0.3, -0.25) is 0 Å². The molecule has 0 unspecified atom stereocenters. The summed E-state index contributed by atoms with van der Waals surface area (Å²) in [6.07, 6.45) is 3.77. The van der Waals surface area contributed by atoms with E-state index in [4.69, 9.17) is 0 Å². The first-order valence-corrected chi connectivity index (χ1v) is 7.26. The molecule has 2 aromatic rings. The van der Waals surface area contributed by atoms with Crippen molar-refractivity contribution in [3.63, 3.8) is 0 Å². The van der Waals surface area contributed by atoms with E-state index in [1.165, 1.54) is 16.7 Å². The van der Waals surface area contributed by atoms with Gasteiger partial charge in [0.15, 0.2) is 0 Å². The molecular formula is C21H24. The minimum atomic E-state index is 0.865. The fourth-order valence-corrected chi connectivity index (χ4v) is 1.84. The van der Waals surface area contributed by atoms with Gasteiger partial charge in [0.2, 0.25) is 0 Å². The summed E-state index contributed by atoms with van der Waals surface area (Å²) in [5.41, 5.74) is 4.79. The topological polar surface area (TPSA) is 0 Å². The first-order chi connectivity index (χ1) is 10.2. The summed E-state index contributed by atoms with van der Waals surface area (Å²) in [5.74, 6) is 0. The number of rotatable bonds is 5. The fraction of sp³-hybridized carbons (Fsp3) is 0.143. The van der Waals surface area contributed by atoms with Gasteiger partial charge in [-0.1, -0.05) is 86.8 Å². The molecule has 0 nitrogen and oxygen atoms in total. The molecule has 0 aliphatic carbocycles. The van der Waals surface area contributed by atoms with Crippen molar-refractivity contribution in [3.05, 3.63) is 97.6 Å². The Bertz CT molecular complexity index is 562. The summed E-state index contributed by atoms with van der Waals surface area (Å²) in [6, 6.07) is 20.4. The van der Waals surface area contributed by atoms with Gasteiger partial charge in [-0.25, -0.2) is 0 Å². The van der Waals surface area contributed by atoms with Gasteiger partial charge in [0.25, 0.3) is 0 Å². The van der Waals surface area contributed by atoms with Crippen LogP contribution in [0.25, 0.3) is 11.1 Å². The van der Waals surface area contributed by atoms with E-state index in [1.54, 1.807) is 0 Å². The van der Waals surface area contributed by atoms with Crippen LogP contribution < -0.4 is 0 Å². The minimum Gasteiger partial charge on any atom is -0.103 e. The van der Waals surface area contributed by atoms with Crippen LogP contribution in [0.2, 0.25) is 0 Å². The third-order valence-corrected chi connectivity index (χ3v) is 3.18. The van der Waals surface area contributed by atoms with Crippen LogP contribution in [0.3, 0.4) is 0 Å². The Kier molecular flexibility index (Phi) is 7.60. The van der Waals surface area contributed by atoms with Gasteiger partial charge in [-0.05, 0) is 35.1 Å². The van der Waals surface area contributed by atoms with Crippen molar-refractivity contribution in [1.29, 1.82) is 0 Å². The van der Waals surface area contributed by atoms with E-state index in [0.717, 1.165) is 18.4 Å². The van der Waals surface area contributed by atoms with Gasteiger partial charge >= 0.3 is 0 Å². The molecule has 0 heteroatoms. The summed E-state index contributed by atoms with van der Waals surface area (Å²) in [5, 5.41) is 0. The van der Waals surface area contributed by atoms with Gasteiger partial charge in [-0.15, -0.1) is 6.58 Å². The molecule has 0 spiro atoms. The predicted octanol–water partition coefficient (Wildman–Crippen LogP) is 6.39. The molecule has 0 aromatic heterocycles. The Labute approximate surface area is 129 Å². The van der Waals surface area contributed by atoms with Gasteiger partial charge in [0, 0.05) is 0 Å². The standard InChI is InChI=1S/C11H12.C10H12/c1-3-7-10(2)11-8-5-4-6-9-11;1-3-9(2)10-7-5-4-6-8-10/h3-6,8-9H,1-2,7H2;4-8H,2-3H2,1H3. The largest absolute Gasteiger partial charge is 0.103 e. The summed E-state index contributed by atoms with van der Waals surface area (Å²) in [6.45, 7) is 13.7. The molecule has 0 bridgehead atoms. The van der Waals surface area contributed by atoms with Gasteiger partial charge < -0.3 is 0 Å². The molecule has 0 aliphatic rings. The zero-order valence-corrected chi connectivity index (χ0v) is 12.9. The molecule has 0 N–H and O–H groups in total. The van der Waals surface area contributed by atoms with E-state index >= 15 is 0 Å². The van der Waals surface area contributed by atoms with Crippen molar-refractivity contribution < 1.29 is 0 Å². The Hall–Kier alpha value is -2.34. The van der Waals surface area contributed by atoms with E-state index in [0.29, 0.717) is 0 Å². The van der Waals surface area contributed by atoms with E-state index < -0.39 is 0 Å². The Balaban J connectivity index is 0.000000211. The quantitative estimate of drug-likeness (QED) is 0.555. The van der Waals surface area contributed by atoms with Gasteiger partial charge in [0.05, 0.1) is 0 Å². The number of allylic oxidation sites excluding steroid dienone is 3. The second kappa shape index (κ2) is 9.55. The fourth-order valence-electron chi connectivity index (χ4n) is 1.84. The maximum absolute atomic E-state index is 3.94. The van der Waals surface area contributed by atoms with Crippen molar-refractivity contribution in [2.24, 2.45) is 0 Å². The van der Waals surface area contributed by atoms with Crippen molar-refractivity contribution in [3.8, 4) is 0 Å². The van der Waals surface area contributed by atoms with Crippen molar-refractivity contribution in [2.75, 3.05) is 0 Å². The Morgan fingerprint density at radius 2 is 1.24 bits per heavy atom. The molecule has 0 aliphatic heterocycles.